The zero-order valence-corrected chi connectivity index (χ0v) is 13.6. The number of hydrogen-bond donors (Lipinski definition) is 0. The summed E-state index contributed by atoms with van der Waals surface area (Å²) in [5.41, 5.74) is 0. The average Bonchev–Trinajstić information content (AvgIpc) is 2.50. The zero-order valence-electron chi connectivity index (χ0n) is 13.6. The van der Waals surface area contributed by atoms with E-state index in [1.165, 1.54) is 32.1 Å². The van der Waals surface area contributed by atoms with Gasteiger partial charge in [-0.1, -0.05) is 49.8 Å². The molecule has 0 unspecified atom stereocenters. The Hall–Kier alpha value is -1.40. The van der Waals surface area contributed by atoms with E-state index < -0.39 is 0 Å². The zero-order chi connectivity index (χ0) is 15.4. The van der Waals surface area contributed by atoms with Crippen LogP contribution in [0.2, 0.25) is 0 Å². The Morgan fingerprint density at radius 3 is 1.95 bits per heavy atom. The molecule has 0 heterocycles. The maximum absolute atomic E-state index is 9.85. The van der Waals surface area contributed by atoms with E-state index in [1.54, 1.807) is 6.08 Å². The van der Waals surface area contributed by atoms with Crippen molar-refractivity contribution in [2.45, 2.75) is 71.1 Å². The topological polar surface area (TPSA) is 29.4 Å². The monoisotopic (exact) mass is 289 g/mol. The van der Waals surface area contributed by atoms with Crippen molar-refractivity contribution >= 4 is 6.08 Å². The standard InChI is InChI=1S/C19H31NO/c1-2-3-4-5-6-7-8-9-10-11-12-13-14-15-16-17-18-20-19-21/h3-4,6-7,13-14H,2,5,8-12,15-18H2,1H3/b4-3+,7-6+,14-13+. The van der Waals surface area contributed by atoms with Crippen molar-refractivity contribution in [3.05, 3.63) is 36.5 Å². The average molecular weight is 289 g/mol. The SMILES string of the molecule is CC/C=C/C/C=C/CCCCC/C=C/CCCCN=C=O. The molecular formula is C19H31NO. The molecule has 2 nitrogen and oxygen atoms in total. The van der Waals surface area contributed by atoms with Crippen molar-refractivity contribution in [2.24, 2.45) is 4.99 Å². The largest absolute Gasteiger partial charge is 0.234 e. The fraction of sp³-hybridized carbons (Fsp3) is 0.632. The lowest BCUT2D eigenvalue weighted by molar-refractivity contribution is 0.562. The highest BCUT2D eigenvalue weighted by Crippen LogP contribution is 2.06. The number of nitrogens with zero attached hydrogens (tertiary/aromatic N) is 1. The molecule has 0 aromatic heterocycles. The Balaban J connectivity index is 3.21. The van der Waals surface area contributed by atoms with Gasteiger partial charge in [-0.05, 0) is 57.8 Å². The third-order valence-electron chi connectivity index (χ3n) is 3.20. The normalized spacial score (nSPS) is 11.7. The van der Waals surface area contributed by atoms with E-state index in [1.807, 2.05) is 0 Å². The molecule has 0 amide bonds. The van der Waals surface area contributed by atoms with Gasteiger partial charge in [0.1, 0.15) is 0 Å². The maximum Gasteiger partial charge on any atom is 0.234 e. The summed E-state index contributed by atoms with van der Waals surface area (Å²) in [6.07, 6.45) is 26.8. The molecule has 0 aliphatic rings. The van der Waals surface area contributed by atoms with Crippen LogP contribution in [0.1, 0.15) is 71.1 Å². The molecule has 118 valence electrons. The molecule has 0 aliphatic heterocycles. The lowest BCUT2D eigenvalue weighted by Crippen LogP contribution is -1.79. The van der Waals surface area contributed by atoms with E-state index in [4.69, 9.17) is 0 Å². The predicted molar refractivity (Wildman–Crippen MR) is 92.3 cm³/mol. The van der Waals surface area contributed by atoms with Crippen LogP contribution in [0.3, 0.4) is 0 Å². The van der Waals surface area contributed by atoms with Crippen molar-refractivity contribution in [3.63, 3.8) is 0 Å². The summed E-state index contributed by atoms with van der Waals surface area (Å²) in [4.78, 5) is 13.4. The van der Waals surface area contributed by atoms with Gasteiger partial charge in [-0.2, -0.15) is 0 Å². The van der Waals surface area contributed by atoms with E-state index in [0.717, 1.165) is 32.1 Å². The number of aliphatic imine (C=N–C) groups is 1. The molecule has 0 rings (SSSR count). The van der Waals surface area contributed by atoms with Crippen LogP contribution in [0.25, 0.3) is 0 Å². The summed E-state index contributed by atoms with van der Waals surface area (Å²) in [7, 11) is 0. The van der Waals surface area contributed by atoms with E-state index >= 15 is 0 Å². The number of hydrogen-bond acceptors (Lipinski definition) is 2. The number of rotatable bonds is 14. The molecule has 0 bridgehead atoms. The van der Waals surface area contributed by atoms with Gasteiger partial charge in [0.25, 0.3) is 0 Å². The first-order valence-electron chi connectivity index (χ1n) is 8.40. The third kappa shape index (κ3) is 18.6. The van der Waals surface area contributed by atoms with Gasteiger partial charge in [0.05, 0.1) is 6.54 Å². The minimum absolute atomic E-state index is 0.624. The quantitative estimate of drug-likeness (QED) is 0.169. The molecule has 0 radical (unpaired) electrons. The fourth-order valence-electron chi connectivity index (χ4n) is 1.99. The van der Waals surface area contributed by atoms with Gasteiger partial charge in [-0.15, -0.1) is 0 Å². The Bertz CT molecular complexity index is 335. The Labute approximate surface area is 130 Å². The molecule has 21 heavy (non-hydrogen) atoms. The van der Waals surface area contributed by atoms with Gasteiger partial charge in [0.2, 0.25) is 6.08 Å². The van der Waals surface area contributed by atoms with Crippen molar-refractivity contribution in [1.29, 1.82) is 0 Å². The van der Waals surface area contributed by atoms with Crippen molar-refractivity contribution in [3.8, 4) is 0 Å². The molecule has 0 aromatic rings. The lowest BCUT2D eigenvalue weighted by Gasteiger charge is -1.96. The van der Waals surface area contributed by atoms with Crippen LogP contribution in [0, 0.1) is 0 Å². The van der Waals surface area contributed by atoms with E-state index in [-0.39, 0.29) is 0 Å². The number of isocyanates is 1. The van der Waals surface area contributed by atoms with Crippen molar-refractivity contribution in [1.82, 2.24) is 0 Å². The molecule has 0 saturated carbocycles. The van der Waals surface area contributed by atoms with Crippen LogP contribution < -0.4 is 0 Å². The second kappa shape index (κ2) is 18.6. The number of carbonyl (C=O) groups excluding carboxylic acids is 1. The first-order chi connectivity index (χ1) is 10.4. The highest BCUT2D eigenvalue weighted by Gasteiger charge is 1.87. The molecular weight excluding hydrogens is 258 g/mol. The van der Waals surface area contributed by atoms with Gasteiger partial charge < -0.3 is 0 Å². The van der Waals surface area contributed by atoms with Gasteiger partial charge in [-0.3, -0.25) is 0 Å². The van der Waals surface area contributed by atoms with Crippen molar-refractivity contribution in [2.75, 3.05) is 6.54 Å². The Kier molecular flexibility index (Phi) is 17.4. The van der Waals surface area contributed by atoms with Crippen LogP contribution in [-0.2, 0) is 4.79 Å². The van der Waals surface area contributed by atoms with E-state index in [2.05, 4.69) is 48.4 Å². The second-order valence-electron chi connectivity index (χ2n) is 5.16. The summed E-state index contributed by atoms with van der Waals surface area (Å²) in [6.45, 7) is 2.79. The van der Waals surface area contributed by atoms with Crippen LogP contribution in [-0.4, -0.2) is 12.6 Å². The molecule has 0 atom stereocenters. The summed E-state index contributed by atoms with van der Waals surface area (Å²) in [5.74, 6) is 0. The number of allylic oxidation sites excluding steroid dienone is 6. The van der Waals surface area contributed by atoms with Gasteiger partial charge in [0, 0.05) is 0 Å². The summed E-state index contributed by atoms with van der Waals surface area (Å²) >= 11 is 0. The molecule has 0 N–H and O–H groups in total. The molecule has 2 heteroatoms. The molecule has 0 aliphatic carbocycles. The lowest BCUT2D eigenvalue weighted by atomic mass is 10.1. The Morgan fingerprint density at radius 2 is 1.33 bits per heavy atom. The summed E-state index contributed by atoms with van der Waals surface area (Å²) in [5, 5.41) is 0. The summed E-state index contributed by atoms with van der Waals surface area (Å²) < 4.78 is 0. The first kappa shape index (κ1) is 19.6. The second-order valence-corrected chi connectivity index (χ2v) is 5.16. The van der Waals surface area contributed by atoms with Gasteiger partial charge in [-0.25, -0.2) is 9.79 Å². The van der Waals surface area contributed by atoms with Crippen LogP contribution in [0.4, 0.5) is 0 Å². The first-order valence-corrected chi connectivity index (χ1v) is 8.40. The smallest absolute Gasteiger partial charge is 0.211 e. The predicted octanol–water partition coefficient (Wildman–Crippen LogP) is 5.91. The molecule has 0 saturated heterocycles. The maximum atomic E-state index is 9.85. The minimum atomic E-state index is 0.624. The van der Waals surface area contributed by atoms with Crippen LogP contribution in [0.5, 0.6) is 0 Å². The van der Waals surface area contributed by atoms with Crippen molar-refractivity contribution < 1.29 is 4.79 Å². The molecule has 0 spiro atoms. The van der Waals surface area contributed by atoms with Crippen LogP contribution in [0.15, 0.2) is 41.4 Å². The summed E-state index contributed by atoms with van der Waals surface area (Å²) in [6, 6.07) is 0. The van der Waals surface area contributed by atoms with E-state index in [9.17, 15) is 4.79 Å². The Morgan fingerprint density at radius 1 is 0.762 bits per heavy atom. The van der Waals surface area contributed by atoms with Gasteiger partial charge in [0.15, 0.2) is 0 Å². The highest BCUT2D eigenvalue weighted by molar-refractivity contribution is 5.32. The van der Waals surface area contributed by atoms with Gasteiger partial charge >= 0.3 is 0 Å². The highest BCUT2D eigenvalue weighted by atomic mass is 16.1. The fourth-order valence-corrected chi connectivity index (χ4v) is 1.99. The van der Waals surface area contributed by atoms with E-state index in [0.29, 0.717) is 6.54 Å². The minimum Gasteiger partial charge on any atom is -0.211 e. The third-order valence-corrected chi connectivity index (χ3v) is 3.20. The molecule has 0 fully saturated rings. The van der Waals surface area contributed by atoms with Crippen LogP contribution >= 0.6 is 0 Å². The molecule has 0 aromatic carbocycles. The number of unbranched alkanes of at least 4 members (excludes halogenated alkanes) is 6.